The predicted molar refractivity (Wildman–Crippen MR) is 52.6 cm³/mol. The molecular formula is C9H16N4O. The fraction of sp³-hybridized carbons (Fsp3) is 0.778. The molecule has 1 aliphatic rings. The molecule has 1 aromatic heterocycles. The molecule has 0 unspecified atom stereocenters. The Balaban J connectivity index is 1.76. The number of nitrogens with zero attached hydrogens (tertiary/aromatic N) is 2. The first-order chi connectivity index (χ1) is 6.84. The van der Waals surface area contributed by atoms with Crippen molar-refractivity contribution in [2.45, 2.75) is 25.7 Å². The Morgan fingerprint density at radius 3 is 2.86 bits per heavy atom. The Bertz CT molecular complexity index is 280. The van der Waals surface area contributed by atoms with Gasteiger partial charge in [-0.2, -0.15) is 4.98 Å². The van der Waals surface area contributed by atoms with Crippen molar-refractivity contribution in [3.63, 3.8) is 0 Å². The number of piperidine rings is 1. The molecule has 2 rings (SSSR count). The molecule has 3 N–H and O–H groups in total. The van der Waals surface area contributed by atoms with E-state index < -0.39 is 0 Å². The van der Waals surface area contributed by atoms with E-state index in [-0.39, 0.29) is 5.95 Å². The van der Waals surface area contributed by atoms with Crippen molar-refractivity contribution in [3.8, 4) is 0 Å². The third-order valence-corrected chi connectivity index (χ3v) is 2.71. The lowest BCUT2D eigenvalue weighted by molar-refractivity contribution is 0.324. The van der Waals surface area contributed by atoms with Crippen LogP contribution >= 0.6 is 0 Å². The highest BCUT2D eigenvalue weighted by Crippen LogP contribution is 2.18. The predicted octanol–water partition coefficient (Wildman–Crippen LogP) is 0.584. The fourth-order valence-corrected chi connectivity index (χ4v) is 1.87. The second-order valence-electron chi connectivity index (χ2n) is 3.78. The van der Waals surface area contributed by atoms with Crippen LogP contribution in [-0.4, -0.2) is 23.2 Å². The monoisotopic (exact) mass is 196 g/mol. The van der Waals surface area contributed by atoms with Gasteiger partial charge in [-0.15, -0.1) is 0 Å². The number of nitrogens with two attached hydrogens (primary N) is 1. The maximum Gasteiger partial charge on any atom is 0.260 e. The second kappa shape index (κ2) is 4.41. The van der Waals surface area contributed by atoms with E-state index in [1.807, 2.05) is 0 Å². The molecule has 0 atom stereocenters. The zero-order chi connectivity index (χ0) is 9.80. The van der Waals surface area contributed by atoms with Crippen molar-refractivity contribution in [1.82, 2.24) is 15.5 Å². The molecule has 0 amide bonds. The smallest absolute Gasteiger partial charge is 0.260 e. The molecular weight excluding hydrogens is 180 g/mol. The van der Waals surface area contributed by atoms with Gasteiger partial charge in [0.2, 0.25) is 5.89 Å². The van der Waals surface area contributed by atoms with E-state index in [9.17, 15) is 0 Å². The molecule has 0 radical (unpaired) electrons. The third kappa shape index (κ3) is 2.45. The van der Waals surface area contributed by atoms with E-state index in [0.717, 1.165) is 31.8 Å². The van der Waals surface area contributed by atoms with Gasteiger partial charge in [-0.1, -0.05) is 0 Å². The highest BCUT2D eigenvalue weighted by molar-refractivity contribution is 5.10. The van der Waals surface area contributed by atoms with Crippen LogP contribution in [0.3, 0.4) is 0 Å². The molecule has 14 heavy (non-hydrogen) atoms. The number of anilines is 1. The Morgan fingerprint density at radius 1 is 1.43 bits per heavy atom. The number of hydrogen-bond acceptors (Lipinski definition) is 5. The number of rotatable bonds is 3. The SMILES string of the molecule is Nc1noc(CCC2CCNCC2)n1. The summed E-state index contributed by atoms with van der Waals surface area (Å²) in [5, 5.41) is 6.91. The van der Waals surface area contributed by atoms with E-state index in [1.165, 1.54) is 12.8 Å². The first-order valence-corrected chi connectivity index (χ1v) is 5.13. The minimum Gasteiger partial charge on any atom is -0.365 e. The van der Waals surface area contributed by atoms with Gasteiger partial charge in [0.25, 0.3) is 5.95 Å². The first kappa shape index (κ1) is 9.45. The van der Waals surface area contributed by atoms with Gasteiger partial charge in [-0.05, 0) is 43.4 Å². The Hall–Kier alpha value is -1.10. The second-order valence-corrected chi connectivity index (χ2v) is 3.78. The number of nitrogen functional groups attached to an aromatic ring is 1. The van der Waals surface area contributed by atoms with E-state index in [1.54, 1.807) is 0 Å². The van der Waals surface area contributed by atoms with Gasteiger partial charge in [-0.3, -0.25) is 0 Å². The van der Waals surface area contributed by atoms with Crippen molar-refractivity contribution >= 4 is 5.95 Å². The lowest BCUT2D eigenvalue weighted by Gasteiger charge is -2.21. The Morgan fingerprint density at radius 2 is 2.21 bits per heavy atom. The van der Waals surface area contributed by atoms with Crippen LogP contribution < -0.4 is 11.1 Å². The van der Waals surface area contributed by atoms with E-state index in [0.29, 0.717) is 5.89 Å². The molecule has 5 nitrogen and oxygen atoms in total. The van der Waals surface area contributed by atoms with Crippen LogP contribution in [-0.2, 0) is 6.42 Å². The fourth-order valence-electron chi connectivity index (χ4n) is 1.87. The maximum atomic E-state index is 5.36. The molecule has 1 fully saturated rings. The normalized spacial score (nSPS) is 18.6. The summed E-state index contributed by atoms with van der Waals surface area (Å²) in [5.74, 6) is 1.70. The summed E-state index contributed by atoms with van der Waals surface area (Å²) in [6.07, 6.45) is 4.49. The molecule has 1 saturated heterocycles. The molecule has 2 heterocycles. The average Bonchev–Trinajstić information content (AvgIpc) is 2.63. The van der Waals surface area contributed by atoms with E-state index in [4.69, 9.17) is 10.3 Å². The van der Waals surface area contributed by atoms with Crippen LogP contribution in [0.4, 0.5) is 5.95 Å². The summed E-state index contributed by atoms with van der Waals surface area (Å²) in [6, 6.07) is 0. The van der Waals surface area contributed by atoms with E-state index in [2.05, 4.69) is 15.5 Å². The lowest BCUT2D eigenvalue weighted by atomic mass is 9.93. The van der Waals surface area contributed by atoms with Crippen LogP contribution in [0.1, 0.15) is 25.2 Å². The number of nitrogens with one attached hydrogen (secondary N) is 1. The number of aryl methyl sites for hydroxylation is 1. The Kier molecular flexibility index (Phi) is 2.98. The Labute approximate surface area is 83.1 Å². The maximum absolute atomic E-state index is 5.36. The zero-order valence-electron chi connectivity index (χ0n) is 8.20. The lowest BCUT2D eigenvalue weighted by Crippen LogP contribution is -2.27. The summed E-state index contributed by atoms with van der Waals surface area (Å²) in [5.41, 5.74) is 5.36. The average molecular weight is 196 g/mol. The van der Waals surface area contributed by atoms with Crippen molar-refractivity contribution in [2.24, 2.45) is 5.92 Å². The molecule has 0 bridgehead atoms. The molecule has 0 saturated carbocycles. The topological polar surface area (TPSA) is 77.0 Å². The summed E-state index contributed by atoms with van der Waals surface area (Å²) in [7, 11) is 0. The zero-order valence-corrected chi connectivity index (χ0v) is 8.20. The molecule has 1 aromatic rings. The summed E-state index contributed by atoms with van der Waals surface area (Å²) in [4.78, 5) is 3.98. The number of hydrogen-bond donors (Lipinski definition) is 2. The molecule has 0 aliphatic carbocycles. The largest absolute Gasteiger partial charge is 0.365 e. The van der Waals surface area contributed by atoms with Gasteiger partial charge in [0.05, 0.1) is 0 Å². The minimum atomic E-state index is 0.241. The summed E-state index contributed by atoms with van der Waals surface area (Å²) in [6.45, 7) is 2.27. The van der Waals surface area contributed by atoms with Crippen LogP contribution in [0.25, 0.3) is 0 Å². The van der Waals surface area contributed by atoms with Gasteiger partial charge >= 0.3 is 0 Å². The van der Waals surface area contributed by atoms with Gasteiger partial charge in [0.15, 0.2) is 0 Å². The van der Waals surface area contributed by atoms with Crippen molar-refractivity contribution < 1.29 is 4.52 Å². The minimum absolute atomic E-state index is 0.241. The van der Waals surface area contributed by atoms with Gasteiger partial charge in [0.1, 0.15) is 0 Å². The van der Waals surface area contributed by atoms with Gasteiger partial charge < -0.3 is 15.6 Å². The quantitative estimate of drug-likeness (QED) is 0.739. The molecule has 5 heteroatoms. The highest BCUT2D eigenvalue weighted by Gasteiger charge is 2.14. The van der Waals surface area contributed by atoms with Gasteiger partial charge in [0, 0.05) is 6.42 Å². The van der Waals surface area contributed by atoms with Crippen LogP contribution in [0.2, 0.25) is 0 Å². The molecule has 0 aromatic carbocycles. The standard InChI is InChI=1S/C9H16N4O/c10-9-12-8(14-13-9)2-1-7-3-5-11-6-4-7/h7,11H,1-6H2,(H2,10,13). The van der Waals surface area contributed by atoms with Crippen molar-refractivity contribution in [1.29, 1.82) is 0 Å². The summed E-state index contributed by atoms with van der Waals surface area (Å²) >= 11 is 0. The molecule has 0 spiro atoms. The third-order valence-electron chi connectivity index (χ3n) is 2.71. The number of aromatic nitrogens is 2. The van der Waals surface area contributed by atoms with Crippen molar-refractivity contribution in [3.05, 3.63) is 5.89 Å². The van der Waals surface area contributed by atoms with Crippen LogP contribution in [0.5, 0.6) is 0 Å². The highest BCUT2D eigenvalue weighted by atomic mass is 16.5. The summed E-state index contributed by atoms with van der Waals surface area (Å²) < 4.78 is 4.95. The first-order valence-electron chi connectivity index (χ1n) is 5.13. The van der Waals surface area contributed by atoms with Crippen LogP contribution in [0, 0.1) is 5.92 Å². The van der Waals surface area contributed by atoms with Crippen LogP contribution in [0.15, 0.2) is 4.52 Å². The van der Waals surface area contributed by atoms with E-state index >= 15 is 0 Å². The van der Waals surface area contributed by atoms with Gasteiger partial charge in [-0.25, -0.2) is 0 Å². The van der Waals surface area contributed by atoms with Crippen molar-refractivity contribution in [2.75, 3.05) is 18.8 Å². The molecule has 78 valence electrons. The molecule has 1 aliphatic heterocycles.